The summed E-state index contributed by atoms with van der Waals surface area (Å²) in [7, 11) is 3.96. The Morgan fingerprint density at radius 2 is 1.96 bits per heavy atom. The van der Waals surface area contributed by atoms with Crippen molar-refractivity contribution in [1.29, 1.82) is 5.26 Å². The number of rotatable bonds is 9. The number of nitriles is 1. The van der Waals surface area contributed by atoms with Gasteiger partial charge < -0.3 is 29.2 Å². The summed E-state index contributed by atoms with van der Waals surface area (Å²) in [5, 5.41) is 9.53. The van der Waals surface area contributed by atoms with Gasteiger partial charge in [0.2, 0.25) is 11.8 Å². The lowest BCUT2D eigenvalue weighted by Crippen LogP contribution is -2.55. The number of aromatic nitrogens is 3. The van der Waals surface area contributed by atoms with Gasteiger partial charge in [-0.1, -0.05) is 6.58 Å². The first-order valence-electron chi connectivity index (χ1n) is 16.2. The summed E-state index contributed by atoms with van der Waals surface area (Å²) in [6.07, 6.45) is 7.77. The molecular formula is C33H42FN9O3. The third kappa shape index (κ3) is 6.35. The monoisotopic (exact) mass is 631 g/mol. The van der Waals surface area contributed by atoms with Crippen molar-refractivity contribution in [3.8, 4) is 11.9 Å². The van der Waals surface area contributed by atoms with E-state index in [1.54, 1.807) is 18.3 Å². The predicted octanol–water partition coefficient (Wildman–Crippen LogP) is 3.01. The number of fused-ring (bicyclic) bond motifs is 2. The van der Waals surface area contributed by atoms with Crippen molar-refractivity contribution < 1.29 is 18.7 Å². The van der Waals surface area contributed by atoms with Crippen LogP contribution in [-0.2, 0) is 29.0 Å². The molecular weight excluding hydrogens is 589 g/mol. The number of piperazine rings is 1. The number of anilines is 3. The van der Waals surface area contributed by atoms with Crippen LogP contribution in [0, 0.1) is 11.3 Å². The molecule has 2 atom stereocenters. The van der Waals surface area contributed by atoms with E-state index in [-0.39, 0.29) is 18.9 Å². The molecule has 2 aromatic rings. The van der Waals surface area contributed by atoms with Crippen molar-refractivity contribution >= 4 is 29.0 Å². The number of halogens is 1. The minimum Gasteiger partial charge on any atom is -0.478 e. The zero-order valence-electron chi connectivity index (χ0n) is 26.8. The van der Waals surface area contributed by atoms with Crippen molar-refractivity contribution in [1.82, 2.24) is 24.8 Å². The molecule has 12 nitrogen and oxygen atoms in total. The van der Waals surface area contributed by atoms with Crippen molar-refractivity contribution in [2.45, 2.75) is 70.0 Å². The van der Waals surface area contributed by atoms with E-state index in [9.17, 15) is 19.2 Å². The highest BCUT2D eigenvalue weighted by molar-refractivity contribution is 5.98. The lowest BCUT2D eigenvalue weighted by Gasteiger charge is -2.43. The van der Waals surface area contributed by atoms with Gasteiger partial charge in [-0.25, -0.2) is 19.3 Å². The van der Waals surface area contributed by atoms with Crippen molar-refractivity contribution in [3.63, 3.8) is 0 Å². The summed E-state index contributed by atoms with van der Waals surface area (Å²) in [4.78, 5) is 49.0. The predicted molar refractivity (Wildman–Crippen MR) is 171 cm³/mol. The number of nitrogens with zero attached hydrogens (tertiary/aromatic N) is 9. The maximum absolute atomic E-state index is 13.8. The largest absolute Gasteiger partial charge is 0.478 e. The molecule has 4 aliphatic rings. The Bertz CT molecular complexity index is 1540. The fraction of sp³-hybridized carbons (Fsp3) is 0.576. The standard InChI is InChI=1S/C33H42FN9O3/c1-22(34)33(45)43-16-15-41(19-24(43)10-12-35)28-18-29(46-17-5-7-23-6-4-13-39(23)2)38-27-20-42(14-11-25(27)28)32-31-26(36-21-37-32)8-9-30(44)40(31)3/h18,21,23-24H,1,4-11,13-17,19-20H2,2-3H3/t23-,24-/m0/s1. The number of carbonyl (C=O) groups is 2. The molecule has 0 aliphatic carbocycles. The highest BCUT2D eigenvalue weighted by Gasteiger charge is 2.35. The molecule has 2 fully saturated rings. The molecule has 0 aromatic carbocycles. The van der Waals surface area contributed by atoms with Crippen LogP contribution in [0.5, 0.6) is 5.88 Å². The van der Waals surface area contributed by atoms with E-state index in [0.717, 1.165) is 47.7 Å². The number of pyridine rings is 1. The van der Waals surface area contributed by atoms with Crippen LogP contribution in [-0.4, -0.2) is 102 Å². The smallest absolute Gasteiger partial charge is 0.282 e. The molecule has 2 saturated heterocycles. The number of ether oxygens (including phenoxy) is 1. The Labute approximate surface area is 269 Å². The highest BCUT2D eigenvalue weighted by Crippen LogP contribution is 2.38. The SMILES string of the molecule is C=C(F)C(=O)N1CCN(c2cc(OCCC[C@@H]3CCCN3C)nc3c2CCN(c2ncnc4c2N(C)C(=O)CC4)C3)C[C@@H]1CC#N. The molecule has 0 unspecified atom stereocenters. The quantitative estimate of drug-likeness (QED) is 0.302. The van der Waals surface area contributed by atoms with Crippen LogP contribution in [0.4, 0.5) is 21.6 Å². The normalized spacial score (nSPS) is 21.6. The van der Waals surface area contributed by atoms with Gasteiger partial charge in [0.25, 0.3) is 5.91 Å². The molecule has 46 heavy (non-hydrogen) atoms. The Morgan fingerprint density at radius 3 is 2.72 bits per heavy atom. The van der Waals surface area contributed by atoms with Gasteiger partial charge in [-0.2, -0.15) is 5.26 Å². The summed E-state index contributed by atoms with van der Waals surface area (Å²) in [6, 6.07) is 4.25. The van der Waals surface area contributed by atoms with Gasteiger partial charge in [-0.15, -0.1) is 0 Å². The number of hydrogen-bond acceptors (Lipinski definition) is 10. The molecule has 13 heteroatoms. The van der Waals surface area contributed by atoms with Crippen LogP contribution in [0.1, 0.15) is 55.5 Å². The molecule has 6 heterocycles. The number of likely N-dealkylation sites (tertiary alicyclic amines) is 1. The van der Waals surface area contributed by atoms with Crippen LogP contribution in [0.3, 0.4) is 0 Å². The van der Waals surface area contributed by atoms with Gasteiger partial charge in [0.15, 0.2) is 11.6 Å². The first-order valence-corrected chi connectivity index (χ1v) is 16.2. The van der Waals surface area contributed by atoms with Crippen LogP contribution in [0.25, 0.3) is 0 Å². The van der Waals surface area contributed by atoms with E-state index in [4.69, 9.17) is 9.72 Å². The van der Waals surface area contributed by atoms with Crippen LogP contribution >= 0.6 is 0 Å². The van der Waals surface area contributed by atoms with Gasteiger partial charge in [-0.3, -0.25) is 9.59 Å². The zero-order chi connectivity index (χ0) is 32.4. The fourth-order valence-electron chi connectivity index (χ4n) is 7.33. The van der Waals surface area contributed by atoms with Gasteiger partial charge >= 0.3 is 0 Å². The van der Waals surface area contributed by atoms with Crippen LogP contribution in [0.15, 0.2) is 24.8 Å². The van der Waals surface area contributed by atoms with Gasteiger partial charge in [0.1, 0.15) is 12.0 Å². The Hall–Kier alpha value is -4.31. The van der Waals surface area contributed by atoms with Crippen molar-refractivity contribution in [2.75, 3.05) is 68.1 Å². The first kappa shape index (κ1) is 31.7. The summed E-state index contributed by atoms with van der Waals surface area (Å²) >= 11 is 0. The average molecular weight is 632 g/mol. The minimum atomic E-state index is -1.02. The highest BCUT2D eigenvalue weighted by atomic mass is 19.1. The maximum Gasteiger partial charge on any atom is 0.282 e. The van der Waals surface area contributed by atoms with Crippen molar-refractivity contribution in [3.05, 3.63) is 41.8 Å². The third-order valence-corrected chi connectivity index (χ3v) is 9.85. The van der Waals surface area contributed by atoms with E-state index >= 15 is 0 Å². The molecule has 0 bridgehead atoms. The summed E-state index contributed by atoms with van der Waals surface area (Å²) in [6.45, 7) is 7.13. The second kappa shape index (κ2) is 13.6. The summed E-state index contributed by atoms with van der Waals surface area (Å²) < 4.78 is 20.1. The molecule has 0 radical (unpaired) electrons. The van der Waals surface area contributed by atoms with Crippen LogP contribution in [0.2, 0.25) is 0 Å². The van der Waals surface area contributed by atoms with Gasteiger partial charge in [0.05, 0.1) is 43.1 Å². The van der Waals surface area contributed by atoms with Crippen molar-refractivity contribution in [2.24, 2.45) is 0 Å². The van der Waals surface area contributed by atoms with E-state index in [2.05, 4.69) is 44.4 Å². The van der Waals surface area contributed by atoms with Gasteiger partial charge in [-0.05, 0) is 45.7 Å². The number of amides is 2. The number of hydrogen-bond donors (Lipinski definition) is 0. The van der Waals surface area contributed by atoms with E-state index < -0.39 is 17.8 Å². The summed E-state index contributed by atoms with van der Waals surface area (Å²) in [5.74, 6) is -0.492. The second-order valence-electron chi connectivity index (χ2n) is 12.7. The van der Waals surface area contributed by atoms with E-state index in [0.29, 0.717) is 69.8 Å². The van der Waals surface area contributed by atoms with Gasteiger partial charge in [0, 0.05) is 69.4 Å². The molecule has 0 spiro atoms. The lowest BCUT2D eigenvalue weighted by atomic mass is 9.99. The molecule has 244 valence electrons. The Kier molecular flexibility index (Phi) is 9.35. The third-order valence-electron chi connectivity index (χ3n) is 9.85. The first-order chi connectivity index (χ1) is 22.2. The molecule has 0 saturated carbocycles. The average Bonchev–Trinajstić information content (AvgIpc) is 3.47. The number of carbonyl (C=O) groups excluding carboxylic acids is 2. The topological polar surface area (TPSA) is 122 Å². The minimum absolute atomic E-state index is 0.0433. The molecule has 6 rings (SSSR count). The summed E-state index contributed by atoms with van der Waals surface area (Å²) in [5.41, 5.74) is 4.51. The number of aryl methyl sites for hydroxylation is 1. The molecule has 2 aromatic heterocycles. The molecule has 2 amide bonds. The Morgan fingerprint density at radius 1 is 1.11 bits per heavy atom. The molecule has 0 N–H and O–H groups in total. The zero-order valence-corrected chi connectivity index (χ0v) is 26.8. The Balaban J connectivity index is 1.28. The fourth-order valence-corrected chi connectivity index (χ4v) is 7.33. The lowest BCUT2D eigenvalue weighted by molar-refractivity contribution is -0.131. The van der Waals surface area contributed by atoms with E-state index in [1.165, 1.54) is 17.7 Å². The maximum atomic E-state index is 13.8. The van der Waals surface area contributed by atoms with Crippen LogP contribution < -0.4 is 19.4 Å². The molecule has 4 aliphatic heterocycles. The van der Waals surface area contributed by atoms with E-state index in [1.807, 2.05) is 6.07 Å². The second-order valence-corrected chi connectivity index (χ2v) is 12.7.